The molecule has 0 radical (unpaired) electrons. The Bertz CT molecular complexity index is 2340. The smallest absolute Gasteiger partial charge is 0.488 e. The van der Waals surface area contributed by atoms with Crippen LogP contribution in [-0.2, 0) is 31.8 Å². The fraction of sp³-hybridized carbons (Fsp3) is 0.463. The first-order chi connectivity index (χ1) is 28.8. The SMILES string of the molecule is C.CC(C)(C)Oc1cc(F)cc(-c2cc(N)nn2C(F)(F)F)c1.C[C@H]1C(=O)NC[C@@H]1C(=O)Nc1cc(-c2cc(F)cc(OC(C)(C)C)c2)n(C(F)(F)F)n1.C[C@H]1C(=O)NC[C@@H]1C(=O)O.I. The number of nitrogens with zero attached hydrogens (tertiary/aromatic N) is 4. The summed E-state index contributed by atoms with van der Waals surface area (Å²) in [5.74, 6) is -6.30. The van der Waals surface area contributed by atoms with Crippen molar-refractivity contribution in [1.82, 2.24) is 30.2 Å². The van der Waals surface area contributed by atoms with Crippen LogP contribution in [0.4, 0.5) is 46.8 Å². The van der Waals surface area contributed by atoms with E-state index >= 15 is 0 Å². The molecule has 0 bridgehead atoms. The van der Waals surface area contributed by atoms with Gasteiger partial charge in [-0.05, 0) is 65.8 Å². The number of benzene rings is 2. The van der Waals surface area contributed by atoms with Gasteiger partial charge in [0.05, 0.1) is 29.1 Å². The van der Waals surface area contributed by atoms with Crippen molar-refractivity contribution in [3.8, 4) is 34.0 Å². The molecule has 2 fully saturated rings. The number of nitrogens with one attached hydrogen (secondary N) is 3. The standard InChI is InChI=1S/C20H22F4N4O3.C14H15F4N3O.C6H9NO3.CH4.HI/c1-10-14(9-25-17(10)29)18(30)26-16-8-15(28(27-16)20(22,23)24)11-5-12(21)7-13(6-11)31-19(2,3)4;1-13(2,3)22-10-5-8(4-9(15)6-10)11-7-12(19)20-21(11)14(16,17)18;1-3-4(6(9)10)2-7-5(3)8;;/h5-8,10,14H,9H2,1-4H3,(H,25,29)(H,26,27,30);4-7H,1-3H3,(H2,19,20);3-4H,2H2,1H3,(H,7,8)(H,9,10);1H4;1H/t10-,14+;;3-,4+;;/m1.1../s1. The monoisotopic (exact) mass is 1050 g/mol. The lowest BCUT2D eigenvalue weighted by Crippen LogP contribution is -2.28. The minimum absolute atomic E-state index is 0. The van der Waals surface area contributed by atoms with Gasteiger partial charge in [0.2, 0.25) is 17.7 Å². The summed E-state index contributed by atoms with van der Waals surface area (Å²) in [6.45, 7) is 13.9. The summed E-state index contributed by atoms with van der Waals surface area (Å²) >= 11 is 0. The zero-order valence-electron chi connectivity index (χ0n) is 35.5. The summed E-state index contributed by atoms with van der Waals surface area (Å²) < 4.78 is 118. The number of hydrogen-bond acceptors (Lipinski definition) is 9. The van der Waals surface area contributed by atoms with Crippen molar-refractivity contribution in [2.75, 3.05) is 24.1 Å². The number of nitrogen functional groups attached to an aromatic ring is 1. The number of halogens is 9. The molecule has 6 N–H and O–H groups in total. The molecule has 2 aromatic heterocycles. The topological polar surface area (TPSA) is 205 Å². The van der Waals surface area contributed by atoms with Crippen molar-refractivity contribution in [2.45, 2.75) is 86.6 Å². The van der Waals surface area contributed by atoms with E-state index < -0.39 is 70.8 Å². The molecule has 0 unspecified atom stereocenters. The molecule has 2 aliphatic heterocycles. The molecule has 2 saturated heterocycles. The summed E-state index contributed by atoms with van der Waals surface area (Å²) in [6.07, 6.45) is -9.68. The van der Waals surface area contributed by atoms with E-state index in [4.69, 9.17) is 20.3 Å². The zero-order valence-corrected chi connectivity index (χ0v) is 37.9. The van der Waals surface area contributed by atoms with Crippen LogP contribution in [0.5, 0.6) is 11.5 Å². The van der Waals surface area contributed by atoms with Gasteiger partial charge in [-0.15, -0.1) is 60.5 Å². The Hall–Kier alpha value is -5.69. The highest BCUT2D eigenvalue weighted by Crippen LogP contribution is 2.36. The van der Waals surface area contributed by atoms with E-state index in [-0.39, 0.29) is 112 Å². The average molecular weight is 1050 g/mol. The summed E-state index contributed by atoms with van der Waals surface area (Å²) in [5.41, 5.74) is 3.03. The van der Waals surface area contributed by atoms with E-state index in [0.29, 0.717) is 0 Å². The molecular formula is C41H51F8IN8O7. The maximum atomic E-state index is 14.1. The average Bonchev–Trinajstić information content (AvgIpc) is 3.89. The second-order valence-corrected chi connectivity index (χ2v) is 16.5. The van der Waals surface area contributed by atoms with Crippen LogP contribution in [-0.4, -0.2) is 72.6 Å². The molecule has 4 heterocycles. The Balaban J connectivity index is 0.000000371. The van der Waals surface area contributed by atoms with Gasteiger partial charge in [-0.3, -0.25) is 19.2 Å². The maximum absolute atomic E-state index is 14.1. The van der Waals surface area contributed by atoms with Crippen LogP contribution < -0.4 is 31.2 Å². The predicted octanol–water partition coefficient (Wildman–Crippen LogP) is 8.30. The molecule has 0 spiro atoms. The van der Waals surface area contributed by atoms with Crippen LogP contribution in [0.15, 0.2) is 48.5 Å². The Morgan fingerprint density at radius 3 is 1.46 bits per heavy atom. The van der Waals surface area contributed by atoms with Crippen LogP contribution >= 0.6 is 24.0 Å². The Kier molecular flexibility index (Phi) is 18.0. The largest absolute Gasteiger partial charge is 0.505 e. The second kappa shape index (κ2) is 21.1. The minimum Gasteiger partial charge on any atom is -0.488 e. The third-order valence-electron chi connectivity index (χ3n) is 9.03. The van der Waals surface area contributed by atoms with Gasteiger partial charge in [0, 0.05) is 54.4 Å². The lowest BCUT2D eigenvalue weighted by Gasteiger charge is -2.22. The van der Waals surface area contributed by atoms with E-state index in [1.165, 1.54) is 12.1 Å². The number of ether oxygens (including phenoxy) is 2. The Morgan fingerprint density at radius 2 is 1.11 bits per heavy atom. The molecule has 24 heteroatoms. The number of carbonyl (C=O) groups excluding carboxylic acids is 3. The summed E-state index contributed by atoms with van der Waals surface area (Å²) in [6, 6.07) is 8.66. The first-order valence-electron chi connectivity index (χ1n) is 19.0. The van der Waals surface area contributed by atoms with Gasteiger partial charge >= 0.3 is 18.6 Å². The normalized spacial score (nSPS) is 18.3. The van der Waals surface area contributed by atoms with E-state index in [0.717, 1.165) is 36.4 Å². The molecule has 65 heavy (non-hydrogen) atoms. The summed E-state index contributed by atoms with van der Waals surface area (Å²) in [7, 11) is 0. The van der Waals surface area contributed by atoms with Gasteiger partial charge < -0.3 is 36.3 Å². The van der Waals surface area contributed by atoms with E-state index in [1.54, 1.807) is 55.4 Å². The van der Waals surface area contributed by atoms with Gasteiger partial charge in [-0.25, -0.2) is 8.78 Å². The number of carboxylic acid groups (broad SMARTS) is 1. The molecule has 3 amide bonds. The first-order valence-corrected chi connectivity index (χ1v) is 19.0. The fourth-order valence-electron chi connectivity index (χ4n) is 6.19. The molecule has 360 valence electrons. The number of alkyl halides is 6. The predicted molar refractivity (Wildman–Crippen MR) is 233 cm³/mol. The molecule has 15 nitrogen and oxygen atoms in total. The molecule has 6 rings (SSSR count). The number of aliphatic carboxylic acids is 1. The third kappa shape index (κ3) is 15.2. The Labute approximate surface area is 385 Å². The highest BCUT2D eigenvalue weighted by molar-refractivity contribution is 14.0. The number of nitrogens with two attached hydrogens (primary N) is 1. The second-order valence-electron chi connectivity index (χ2n) is 16.5. The van der Waals surface area contributed by atoms with Crippen LogP contribution in [0.2, 0.25) is 0 Å². The van der Waals surface area contributed by atoms with Gasteiger partial charge in [-0.2, -0.15) is 9.36 Å². The molecule has 2 aromatic carbocycles. The maximum Gasteiger partial charge on any atom is 0.505 e. The number of carboxylic acids is 1. The number of anilines is 2. The van der Waals surface area contributed by atoms with Crippen LogP contribution in [0.25, 0.3) is 22.5 Å². The van der Waals surface area contributed by atoms with Crippen LogP contribution in [0.3, 0.4) is 0 Å². The number of aromatic nitrogens is 4. The van der Waals surface area contributed by atoms with E-state index in [1.807, 2.05) is 0 Å². The number of carbonyl (C=O) groups is 4. The lowest BCUT2D eigenvalue weighted by atomic mass is 9.97. The zero-order chi connectivity index (χ0) is 47.6. The van der Waals surface area contributed by atoms with Gasteiger partial charge in [-0.1, -0.05) is 21.3 Å². The number of hydrogen-bond donors (Lipinski definition) is 5. The molecule has 0 aliphatic carbocycles. The summed E-state index contributed by atoms with van der Waals surface area (Å²) in [5, 5.41) is 22.5. The van der Waals surface area contributed by atoms with Gasteiger partial charge in [0.1, 0.15) is 40.2 Å². The van der Waals surface area contributed by atoms with Crippen molar-refractivity contribution in [2.24, 2.45) is 23.7 Å². The Morgan fingerprint density at radius 1 is 0.708 bits per heavy atom. The first kappa shape index (κ1) is 55.4. The van der Waals surface area contributed by atoms with Crippen LogP contribution in [0, 0.1) is 35.3 Å². The van der Waals surface area contributed by atoms with Crippen LogP contribution in [0.1, 0.15) is 62.8 Å². The van der Waals surface area contributed by atoms with Crippen molar-refractivity contribution in [3.63, 3.8) is 0 Å². The number of amides is 3. The highest BCUT2D eigenvalue weighted by atomic mass is 127. The van der Waals surface area contributed by atoms with E-state index in [2.05, 4.69) is 26.1 Å². The third-order valence-corrected chi connectivity index (χ3v) is 9.03. The molecule has 4 atom stereocenters. The lowest BCUT2D eigenvalue weighted by molar-refractivity contribution is -0.211. The molecular weight excluding hydrogens is 995 g/mol. The quantitative estimate of drug-likeness (QED) is 0.0885. The fourth-order valence-corrected chi connectivity index (χ4v) is 6.19. The molecule has 4 aromatic rings. The van der Waals surface area contributed by atoms with E-state index in [9.17, 15) is 54.3 Å². The minimum atomic E-state index is -4.92. The highest BCUT2D eigenvalue weighted by Gasteiger charge is 2.39. The van der Waals surface area contributed by atoms with Gasteiger partial charge in [0.25, 0.3) is 0 Å². The van der Waals surface area contributed by atoms with Crippen molar-refractivity contribution in [3.05, 3.63) is 60.2 Å². The van der Waals surface area contributed by atoms with Gasteiger partial charge in [0.15, 0.2) is 5.82 Å². The van der Waals surface area contributed by atoms with Crippen molar-refractivity contribution >= 4 is 59.3 Å². The summed E-state index contributed by atoms with van der Waals surface area (Å²) in [4.78, 5) is 45.1. The van der Waals surface area contributed by atoms with Crippen molar-refractivity contribution in [1.29, 1.82) is 0 Å². The molecule has 2 aliphatic rings. The molecule has 0 saturated carbocycles. The van der Waals surface area contributed by atoms with Crippen molar-refractivity contribution < 1.29 is 68.9 Å². The number of rotatable bonds is 7.